The molecule has 0 amide bonds. The van der Waals surface area contributed by atoms with Gasteiger partial charge in [0.1, 0.15) is 5.78 Å². The minimum Gasteiger partial charge on any atom is -0.375 e. The van der Waals surface area contributed by atoms with Gasteiger partial charge >= 0.3 is 0 Å². The van der Waals surface area contributed by atoms with E-state index in [1.165, 1.54) is 11.1 Å². The standard InChI is InChI=1S/C23H25BrN2O/c1-13-9-17-18(10-14(13)2)26-22(15-5-7-16(24)8-6-15)21-19(25-17)11-23(3,4)12-20(21)27/h5-10,21-22,26H,11-12H2,1-4H3/t21-,22-/m1/s1. The highest BCUT2D eigenvalue weighted by Crippen LogP contribution is 2.45. The summed E-state index contributed by atoms with van der Waals surface area (Å²) in [6, 6.07) is 12.5. The van der Waals surface area contributed by atoms with Crippen LogP contribution in [0.4, 0.5) is 11.4 Å². The van der Waals surface area contributed by atoms with E-state index in [1.54, 1.807) is 0 Å². The number of benzene rings is 2. The number of rotatable bonds is 1. The largest absolute Gasteiger partial charge is 0.375 e. The van der Waals surface area contributed by atoms with Crippen LogP contribution in [0.5, 0.6) is 0 Å². The molecule has 0 saturated heterocycles. The normalized spacial score (nSPS) is 23.6. The van der Waals surface area contributed by atoms with Crippen LogP contribution in [0.2, 0.25) is 0 Å². The van der Waals surface area contributed by atoms with E-state index < -0.39 is 0 Å². The smallest absolute Gasteiger partial charge is 0.144 e. The third kappa shape index (κ3) is 3.47. The van der Waals surface area contributed by atoms with Crippen LogP contribution in [0.1, 0.15) is 49.4 Å². The molecule has 2 atom stereocenters. The Labute approximate surface area is 169 Å². The fourth-order valence-corrected chi connectivity index (χ4v) is 4.54. The van der Waals surface area contributed by atoms with Crippen molar-refractivity contribution in [2.24, 2.45) is 16.3 Å². The van der Waals surface area contributed by atoms with Crippen LogP contribution >= 0.6 is 15.9 Å². The molecule has 0 spiro atoms. The van der Waals surface area contributed by atoms with Gasteiger partial charge in [0.15, 0.2) is 0 Å². The Morgan fingerprint density at radius 2 is 1.74 bits per heavy atom. The molecule has 1 aliphatic heterocycles. The Hall–Kier alpha value is -1.94. The second-order valence-electron chi connectivity index (χ2n) is 8.69. The minimum atomic E-state index is -0.216. The number of ketones is 1. The molecule has 140 valence electrons. The minimum absolute atomic E-state index is 0.0407. The van der Waals surface area contributed by atoms with Crippen LogP contribution in [0, 0.1) is 25.2 Å². The lowest BCUT2D eigenvalue weighted by Gasteiger charge is -2.37. The van der Waals surface area contributed by atoms with Crippen molar-refractivity contribution in [3.63, 3.8) is 0 Å². The molecule has 2 aromatic rings. The maximum absolute atomic E-state index is 13.2. The summed E-state index contributed by atoms with van der Waals surface area (Å²) in [6.45, 7) is 8.56. The van der Waals surface area contributed by atoms with Crippen LogP contribution in [0.15, 0.2) is 45.9 Å². The number of hydrogen-bond acceptors (Lipinski definition) is 3. The number of Topliss-reactive ketones (excluding diaryl/α,β-unsaturated/α-hetero) is 1. The number of hydrogen-bond donors (Lipinski definition) is 1. The van der Waals surface area contributed by atoms with Gasteiger partial charge < -0.3 is 5.32 Å². The number of halogens is 1. The molecule has 4 heteroatoms. The Morgan fingerprint density at radius 3 is 2.44 bits per heavy atom. The number of aryl methyl sites for hydroxylation is 2. The van der Waals surface area contributed by atoms with Crippen LogP contribution in [-0.2, 0) is 4.79 Å². The molecular formula is C23H25BrN2O. The monoisotopic (exact) mass is 424 g/mol. The molecule has 1 saturated carbocycles. The lowest BCUT2D eigenvalue weighted by Crippen LogP contribution is -2.42. The van der Waals surface area contributed by atoms with Crippen LogP contribution in [0.25, 0.3) is 0 Å². The Balaban J connectivity index is 1.89. The fourth-order valence-electron chi connectivity index (χ4n) is 4.28. The van der Waals surface area contributed by atoms with Crippen molar-refractivity contribution in [1.29, 1.82) is 0 Å². The van der Waals surface area contributed by atoms with Gasteiger partial charge in [-0.15, -0.1) is 0 Å². The highest BCUT2D eigenvalue weighted by atomic mass is 79.9. The average molecular weight is 425 g/mol. The number of fused-ring (bicyclic) bond motifs is 2. The zero-order valence-electron chi connectivity index (χ0n) is 16.3. The zero-order valence-corrected chi connectivity index (χ0v) is 17.9. The lowest BCUT2D eigenvalue weighted by molar-refractivity contribution is -0.124. The van der Waals surface area contributed by atoms with Gasteiger partial charge in [-0.05, 0) is 66.6 Å². The van der Waals surface area contributed by atoms with Gasteiger partial charge in [-0.2, -0.15) is 0 Å². The Kier molecular flexibility index (Phi) is 4.50. The molecule has 1 fully saturated rings. The quantitative estimate of drug-likeness (QED) is 0.582. The third-order valence-electron chi connectivity index (χ3n) is 5.77. The first kappa shape index (κ1) is 18.4. The average Bonchev–Trinajstić information content (AvgIpc) is 2.71. The number of carbonyl (C=O) groups excluding carboxylic acids is 1. The van der Waals surface area contributed by atoms with Gasteiger partial charge in [0.25, 0.3) is 0 Å². The molecule has 0 radical (unpaired) electrons. The highest BCUT2D eigenvalue weighted by Gasteiger charge is 2.43. The predicted octanol–water partition coefficient (Wildman–Crippen LogP) is 6.31. The number of nitrogens with zero attached hydrogens (tertiary/aromatic N) is 1. The first-order valence-corrected chi connectivity index (χ1v) is 10.3. The van der Waals surface area contributed by atoms with Crippen molar-refractivity contribution in [2.75, 3.05) is 5.32 Å². The van der Waals surface area contributed by atoms with E-state index in [9.17, 15) is 4.79 Å². The van der Waals surface area contributed by atoms with E-state index in [4.69, 9.17) is 4.99 Å². The summed E-state index contributed by atoms with van der Waals surface area (Å²) in [6.07, 6.45) is 1.45. The molecule has 2 aromatic carbocycles. The van der Waals surface area contributed by atoms with Crippen molar-refractivity contribution in [2.45, 2.75) is 46.6 Å². The van der Waals surface area contributed by atoms with Gasteiger partial charge in [0.2, 0.25) is 0 Å². The Morgan fingerprint density at radius 1 is 1.07 bits per heavy atom. The lowest BCUT2D eigenvalue weighted by atomic mass is 9.68. The Bertz CT molecular complexity index is 944. The summed E-state index contributed by atoms with van der Waals surface area (Å²) in [5.41, 5.74) is 6.50. The molecule has 1 heterocycles. The van der Waals surface area contributed by atoms with Crippen molar-refractivity contribution in [1.82, 2.24) is 0 Å². The second-order valence-corrected chi connectivity index (χ2v) is 9.61. The second kappa shape index (κ2) is 6.59. The van der Waals surface area contributed by atoms with Crippen molar-refractivity contribution < 1.29 is 4.79 Å². The van der Waals surface area contributed by atoms with Crippen LogP contribution in [-0.4, -0.2) is 11.5 Å². The first-order valence-electron chi connectivity index (χ1n) is 9.47. The highest BCUT2D eigenvalue weighted by molar-refractivity contribution is 9.10. The summed E-state index contributed by atoms with van der Waals surface area (Å²) < 4.78 is 1.04. The first-order chi connectivity index (χ1) is 12.7. The molecular weight excluding hydrogens is 400 g/mol. The van der Waals surface area contributed by atoms with Gasteiger partial charge in [-0.1, -0.05) is 41.9 Å². The number of anilines is 1. The molecule has 4 rings (SSSR count). The summed E-state index contributed by atoms with van der Waals surface area (Å²) in [7, 11) is 0. The number of carbonyl (C=O) groups is 1. The van der Waals surface area contributed by atoms with E-state index >= 15 is 0 Å². The van der Waals surface area contributed by atoms with E-state index in [2.05, 4.69) is 73.2 Å². The topological polar surface area (TPSA) is 41.5 Å². The van der Waals surface area contributed by atoms with Crippen molar-refractivity contribution in [3.8, 4) is 0 Å². The molecule has 2 aliphatic rings. The molecule has 1 N–H and O–H groups in total. The zero-order chi connectivity index (χ0) is 19.3. The van der Waals surface area contributed by atoms with Gasteiger partial charge in [-0.3, -0.25) is 9.79 Å². The molecule has 3 nitrogen and oxygen atoms in total. The van der Waals surface area contributed by atoms with Gasteiger partial charge in [-0.25, -0.2) is 0 Å². The number of aliphatic imine (C=N–C) groups is 1. The predicted molar refractivity (Wildman–Crippen MR) is 115 cm³/mol. The van der Waals surface area contributed by atoms with Crippen molar-refractivity contribution >= 4 is 38.8 Å². The summed E-state index contributed by atoms with van der Waals surface area (Å²) in [5.74, 6) is 0.0684. The molecule has 1 aliphatic carbocycles. The molecule has 0 unspecified atom stereocenters. The third-order valence-corrected chi connectivity index (χ3v) is 6.30. The van der Waals surface area contributed by atoms with Crippen LogP contribution in [0.3, 0.4) is 0 Å². The summed E-state index contributed by atoms with van der Waals surface area (Å²) in [4.78, 5) is 18.2. The van der Waals surface area contributed by atoms with Crippen molar-refractivity contribution in [3.05, 3.63) is 57.6 Å². The molecule has 27 heavy (non-hydrogen) atoms. The van der Waals surface area contributed by atoms with Gasteiger partial charge in [0, 0.05) is 16.6 Å². The maximum atomic E-state index is 13.2. The summed E-state index contributed by atoms with van der Waals surface area (Å²) in [5, 5.41) is 3.67. The molecule has 0 bridgehead atoms. The maximum Gasteiger partial charge on any atom is 0.144 e. The fraction of sp³-hybridized carbons (Fsp3) is 0.391. The van der Waals surface area contributed by atoms with E-state index in [0.717, 1.165) is 33.5 Å². The van der Waals surface area contributed by atoms with E-state index in [-0.39, 0.29) is 23.2 Å². The van der Waals surface area contributed by atoms with E-state index in [1.807, 2.05) is 12.1 Å². The van der Waals surface area contributed by atoms with Crippen LogP contribution < -0.4 is 5.32 Å². The SMILES string of the molecule is Cc1cc2c(cc1C)N[C@H](c1ccc(Br)cc1)[C@H]1C(=O)CC(C)(C)CC1=N2. The summed E-state index contributed by atoms with van der Waals surface area (Å²) >= 11 is 3.51. The van der Waals surface area contributed by atoms with Gasteiger partial charge in [0.05, 0.1) is 23.3 Å². The number of nitrogens with one attached hydrogen (secondary N) is 1. The van der Waals surface area contributed by atoms with E-state index in [0.29, 0.717) is 6.42 Å². The molecule has 0 aromatic heterocycles.